The van der Waals surface area contributed by atoms with Crippen molar-refractivity contribution >= 4 is 17.5 Å². The number of hydrogen-bond donors (Lipinski definition) is 1. The molecule has 0 saturated heterocycles. The third kappa shape index (κ3) is 3.29. The normalized spacial score (nSPS) is 10.4. The minimum Gasteiger partial charge on any atom is -0.495 e. The Bertz CT molecular complexity index is 592. The first kappa shape index (κ1) is 13.5. The van der Waals surface area contributed by atoms with Crippen molar-refractivity contribution in [2.45, 2.75) is 12.8 Å². The molecule has 1 aromatic heterocycles. The summed E-state index contributed by atoms with van der Waals surface area (Å²) in [6.07, 6.45) is 0.773. The lowest BCUT2D eigenvalue weighted by Crippen LogP contribution is -2.10. The molecule has 4 nitrogen and oxygen atoms in total. The SMILES string of the molecule is COc1ccc(-c2ccc(CCC(N)=O)o2)cc1Cl. The van der Waals surface area contributed by atoms with Crippen LogP contribution in [0.2, 0.25) is 5.02 Å². The number of rotatable bonds is 5. The highest BCUT2D eigenvalue weighted by atomic mass is 35.5. The summed E-state index contributed by atoms with van der Waals surface area (Å²) in [7, 11) is 1.57. The summed E-state index contributed by atoms with van der Waals surface area (Å²) in [5.74, 6) is 1.70. The van der Waals surface area contributed by atoms with E-state index >= 15 is 0 Å². The standard InChI is InChI=1S/C14H14ClNO3/c1-18-13-5-2-9(8-11(13)15)12-6-3-10(19-12)4-7-14(16)17/h2-3,5-6,8H,4,7H2,1H3,(H2,16,17). The molecule has 0 aliphatic carbocycles. The maximum atomic E-state index is 10.7. The lowest BCUT2D eigenvalue weighted by atomic mass is 10.1. The summed E-state index contributed by atoms with van der Waals surface area (Å²) in [6.45, 7) is 0. The maximum Gasteiger partial charge on any atom is 0.217 e. The van der Waals surface area contributed by atoms with E-state index in [1.165, 1.54) is 0 Å². The molecule has 0 saturated carbocycles. The van der Waals surface area contributed by atoms with Crippen LogP contribution < -0.4 is 10.5 Å². The van der Waals surface area contributed by atoms with Crippen molar-refractivity contribution in [3.63, 3.8) is 0 Å². The van der Waals surface area contributed by atoms with E-state index in [0.717, 1.165) is 11.3 Å². The first-order valence-electron chi connectivity index (χ1n) is 5.81. The van der Waals surface area contributed by atoms with Gasteiger partial charge in [-0.3, -0.25) is 4.79 Å². The molecular formula is C14H14ClNO3. The van der Waals surface area contributed by atoms with Crippen LogP contribution in [0.4, 0.5) is 0 Å². The Kier molecular flexibility index (Phi) is 4.12. The number of amides is 1. The summed E-state index contributed by atoms with van der Waals surface area (Å²) in [5, 5.41) is 0.523. The van der Waals surface area contributed by atoms with Gasteiger partial charge >= 0.3 is 0 Å². The number of primary amides is 1. The fraction of sp³-hybridized carbons (Fsp3) is 0.214. The molecule has 0 aliphatic heterocycles. The molecule has 0 spiro atoms. The molecular weight excluding hydrogens is 266 g/mol. The van der Waals surface area contributed by atoms with Gasteiger partial charge in [-0.1, -0.05) is 11.6 Å². The van der Waals surface area contributed by atoms with Gasteiger partial charge < -0.3 is 14.9 Å². The number of furan rings is 1. The van der Waals surface area contributed by atoms with Gasteiger partial charge in [-0.05, 0) is 30.3 Å². The Labute approximate surface area is 116 Å². The van der Waals surface area contributed by atoms with Crippen molar-refractivity contribution in [2.24, 2.45) is 5.73 Å². The molecule has 5 heteroatoms. The van der Waals surface area contributed by atoms with Crippen molar-refractivity contribution in [3.05, 3.63) is 41.1 Å². The number of halogens is 1. The van der Waals surface area contributed by atoms with Crippen LogP contribution in [0.5, 0.6) is 5.75 Å². The number of hydrogen-bond acceptors (Lipinski definition) is 3. The van der Waals surface area contributed by atoms with Crippen LogP contribution in [0.15, 0.2) is 34.7 Å². The van der Waals surface area contributed by atoms with Crippen molar-refractivity contribution < 1.29 is 13.9 Å². The fourth-order valence-corrected chi connectivity index (χ4v) is 1.99. The van der Waals surface area contributed by atoms with Gasteiger partial charge in [0.05, 0.1) is 12.1 Å². The van der Waals surface area contributed by atoms with E-state index in [1.807, 2.05) is 18.2 Å². The van der Waals surface area contributed by atoms with E-state index < -0.39 is 0 Å². The van der Waals surface area contributed by atoms with E-state index in [9.17, 15) is 4.79 Å². The predicted molar refractivity (Wildman–Crippen MR) is 73.2 cm³/mol. The zero-order valence-corrected chi connectivity index (χ0v) is 11.2. The van der Waals surface area contributed by atoms with Gasteiger partial charge in [-0.25, -0.2) is 0 Å². The molecule has 2 aromatic rings. The fourth-order valence-electron chi connectivity index (χ4n) is 1.73. The molecule has 19 heavy (non-hydrogen) atoms. The molecule has 1 heterocycles. The zero-order valence-electron chi connectivity index (χ0n) is 10.5. The highest BCUT2D eigenvalue weighted by Crippen LogP contribution is 2.31. The summed E-state index contributed by atoms with van der Waals surface area (Å²) >= 11 is 6.06. The highest BCUT2D eigenvalue weighted by molar-refractivity contribution is 6.32. The first-order valence-corrected chi connectivity index (χ1v) is 6.19. The summed E-state index contributed by atoms with van der Waals surface area (Å²) in [4.78, 5) is 10.7. The van der Waals surface area contributed by atoms with Gasteiger partial charge in [0.15, 0.2) is 0 Å². The number of carbonyl (C=O) groups is 1. The predicted octanol–water partition coefficient (Wildman–Crippen LogP) is 3.03. The van der Waals surface area contributed by atoms with Crippen LogP contribution in [0.3, 0.4) is 0 Å². The lowest BCUT2D eigenvalue weighted by Gasteiger charge is -2.04. The highest BCUT2D eigenvalue weighted by Gasteiger charge is 2.08. The third-order valence-corrected chi connectivity index (χ3v) is 3.01. The molecule has 2 N–H and O–H groups in total. The van der Waals surface area contributed by atoms with Gasteiger partial charge in [-0.2, -0.15) is 0 Å². The second-order valence-electron chi connectivity index (χ2n) is 4.08. The Morgan fingerprint density at radius 3 is 2.79 bits per heavy atom. The van der Waals surface area contributed by atoms with Crippen LogP contribution in [-0.4, -0.2) is 13.0 Å². The van der Waals surface area contributed by atoms with Crippen molar-refractivity contribution in [1.82, 2.24) is 0 Å². The van der Waals surface area contributed by atoms with Crippen molar-refractivity contribution in [3.8, 4) is 17.1 Å². The Balaban J connectivity index is 2.18. The van der Waals surface area contributed by atoms with Gasteiger partial charge in [-0.15, -0.1) is 0 Å². The Morgan fingerprint density at radius 1 is 1.37 bits per heavy atom. The van der Waals surface area contributed by atoms with Gasteiger partial charge in [0.1, 0.15) is 17.3 Å². The van der Waals surface area contributed by atoms with Crippen LogP contribution in [0, 0.1) is 0 Å². The van der Waals surface area contributed by atoms with E-state index in [0.29, 0.717) is 23.0 Å². The van der Waals surface area contributed by atoms with E-state index in [1.54, 1.807) is 19.2 Å². The number of benzene rings is 1. The maximum absolute atomic E-state index is 10.7. The number of methoxy groups -OCH3 is 1. The molecule has 0 radical (unpaired) electrons. The molecule has 1 amide bonds. The minimum absolute atomic E-state index is 0.274. The molecule has 0 atom stereocenters. The average molecular weight is 280 g/mol. The second kappa shape index (κ2) is 5.80. The monoisotopic (exact) mass is 279 g/mol. The molecule has 0 aliphatic rings. The van der Waals surface area contributed by atoms with Gasteiger partial charge in [0, 0.05) is 18.4 Å². The largest absolute Gasteiger partial charge is 0.495 e. The summed E-state index contributed by atoms with van der Waals surface area (Å²) in [5.41, 5.74) is 5.96. The minimum atomic E-state index is -0.342. The molecule has 0 fully saturated rings. The first-order chi connectivity index (χ1) is 9.10. The zero-order chi connectivity index (χ0) is 13.8. The number of aryl methyl sites for hydroxylation is 1. The smallest absolute Gasteiger partial charge is 0.217 e. The van der Waals surface area contributed by atoms with E-state index in [2.05, 4.69) is 0 Å². The topological polar surface area (TPSA) is 65.5 Å². The van der Waals surface area contributed by atoms with Crippen molar-refractivity contribution in [1.29, 1.82) is 0 Å². The van der Waals surface area contributed by atoms with Crippen LogP contribution >= 0.6 is 11.6 Å². The number of ether oxygens (including phenoxy) is 1. The quantitative estimate of drug-likeness (QED) is 0.915. The Hall–Kier alpha value is -1.94. The lowest BCUT2D eigenvalue weighted by molar-refractivity contribution is -0.118. The summed E-state index contributed by atoms with van der Waals surface area (Å²) < 4.78 is 10.7. The number of carbonyl (C=O) groups excluding carboxylic acids is 1. The molecule has 1 aromatic carbocycles. The van der Waals surface area contributed by atoms with E-state index in [4.69, 9.17) is 26.5 Å². The average Bonchev–Trinajstić information content (AvgIpc) is 2.85. The molecule has 0 unspecified atom stereocenters. The third-order valence-electron chi connectivity index (χ3n) is 2.72. The molecule has 100 valence electrons. The summed E-state index contributed by atoms with van der Waals surface area (Å²) in [6, 6.07) is 9.09. The van der Waals surface area contributed by atoms with Gasteiger partial charge in [0.2, 0.25) is 5.91 Å². The van der Waals surface area contributed by atoms with Crippen LogP contribution in [0.1, 0.15) is 12.2 Å². The van der Waals surface area contributed by atoms with Gasteiger partial charge in [0.25, 0.3) is 0 Å². The second-order valence-corrected chi connectivity index (χ2v) is 4.49. The number of nitrogens with two attached hydrogens (primary N) is 1. The van der Waals surface area contributed by atoms with E-state index in [-0.39, 0.29) is 12.3 Å². The molecule has 2 rings (SSSR count). The van der Waals surface area contributed by atoms with Crippen LogP contribution in [-0.2, 0) is 11.2 Å². The van der Waals surface area contributed by atoms with Crippen LogP contribution in [0.25, 0.3) is 11.3 Å². The molecule has 0 bridgehead atoms. The van der Waals surface area contributed by atoms with Crippen molar-refractivity contribution in [2.75, 3.05) is 7.11 Å². The Morgan fingerprint density at radius 2 is 2.16 bits per heavy atom.